The lowest BCUT2D eigenvalue weighted by atomic mass is 10.1. The third kappa shape index (κ3) is 1.77. The molecule has 1 aromatic carbocycles. The summed E-state index contributed by atoms with van der Waals surface area (Å²) in [6.45, 7) is 0. The molecule has 0 spiro atoms. The number of aromatic nitrogens is 1. The number of phenols is 1. The fraction of sp³-hybridized carbons (Fsp3) is 0. The summed E-state index contributed by atoms with van der Waals surface area (Å²) in [4.78, 5) is 10.5. The maximum absolute atomic E-state index is 13.4. The van der Waals surface area contributed by atoms with E-state index in [1.54, 1.807) is 0 Å². The summed E-state index contributed by atoms with van der Waals surface area (Å²) in [6, 6.07) is 0.964. The standard InChI is InChI=1S/C10H4F3NO4/c11-3-1-5(15)9(13)7(8(3)12)6-2-4(10(16)17)14-18-6/h1-2,15H,(H,16,17). The fourth-order valence-electron chi connectivity index (χ4n) is 1.30. The maximum Gasteiger partial charge on any atom is 0.358 e. The molecule has 0 atom stereocenters. The van der Waals surface area contributed by atoms with Gasteiger partial charge in [0.1, 0.15) is 0 Å². The summed E-state index contributed by atoms with van der Waals surface area (Å²) in [5.74, 6) is -7.83. The van der Waals surface area contributed by atoms with Crippen molar-refractivity contribution in [1.82, 2.24) is 5.16 Å². The third-order valence-electron chi connectivity index (χ3n) is 2.11. The molecule has 0 amide bonds. The molecule has 0 aliphatic heterocycles. The molecule has 0 aliphatic carbocycles. The summed E-state index contributed by atoms with van der Waals surface area (Å²) in [5.41, 5.74) is -1.62. The molecule has 0 bridgehead atoms. The number of aromatic carboxylic acids is 1. The largest absolute Gasteiger partial charge is 0.505 e. The van der Waals surface area contributed by atoms with Gasteiger partial charge >= 0.3 is 5.97 Å². The molecular formula is C10H4F3NO4. The summed E-state index contributed by atoms with van der Waals surface area (Å²) in [7, 11) is 0. The van der Waals surface area contributed by atoms with Gasteiger partial charge in [-0.2, -0.15) is 0 Å². The van der Waals surface area contributed by atoms with Crippen LogP contribution in [0.4, 0.5) is 13.2 Å². The van der Waals surface area contributed by atoms with Crippen molar-refractivity contribution >= 4 is 5.97 Å². The Kier molecular flexibility index (Phi) is 2.70. The molecule has 2 aromatic rings. The van der Waals surface area contributed by atoms with Crippen molar-refractivity contribution in [3.8, 4) is 17.1 Å². The number of aromatic hydroxyl groups is 1. The molecule has 0 unspecified atom stereocenters. The van der Waals surface area contributed by atoms with Gasteiger partial charge < -0.3 is 14.7 Å². The van der Waals surface area contributed by atoms with Crippen LogP contribution in [0.3, 0.4) is 0 Å². The zero-order valence-electron chi connectivity index (χ0n) is 8.45. The highest BCUT2D eigenvalue weighted by Gasteiger charge is 2.24. The molecule has 0 radical (unpaired) electrons. The molecule has 1 aromatic heterocycles. The second kappa shape index (κ2) is 4.06. The number of nitrogens with zero attached hydrogens (tertiary/aromatic N) is 1. The highest BCUT2D eigenvalue weighted by atomic mass is 19.2. The number of carboxylic acid groups (broad SMARTS) is 1. The van der Waals surface area contributed by atoms with E-state index < -0.39 is 46.2 Å². The first-order valence-corrected chi connectivity index (χ1v) is 4.48. The Morgan fingerprint density at radius 1 is 1.22 bits per heavy atom. The Labute approximate surface area is 97.1 Å². The number of halogens is 3. The molecule has 8 heteroatoms. The number of carboxylic acids is 1. The van der Waals surface area contributed by atoms with Crippen LogP contribution in [0.1, 0.15) is 10.5 Å². The van der Waals surface area contributed by atoms with E-state index in [9.17, 15) is 18.0 Å². The Balaban J connectivity index is 2.66. The highest BCUT2D eigenvalue weighted by molar-refractivity contribution is 5.86. The van der Waals surface area contributed by atoms with Crippen molar-refractivity contribution < 1.29 is 32.7 Å². The first-order valence-electron chi connectivity index (χ1n) is 4.48. The first kappa shape index (κ1) is 12.0. The smallest absolute Gasteiger partial charge is 0.358 e. The van der Waals surface area contributed by atoms with E-state index in [4.69, 9.17) is 10.2 Å². The Morgan fingerprint density at radius 3 is 2.44 bits per heavy atom. The van der Waals surface area contributed by atoms with Gasteiger partial charge in [0.2, 0.25) is 0 Å². The lowest BCUT2D eigenvalue weighted by molar-refractivity contribution is 0.0686. The van der Waals surface area contributed by atoms with Crippen molar-refractivity contribution in [2.75, 3.05) is 0 Å². The van der Waals surface area contributed by atoms with Crippen molar-refractivity contribution in [2.45, 2.75) is 0 Å². The van der Waals surface area contributed by atoms with E-state index in [0.29, 0.717) is 6.07 Å². The molecule has 0 saturated heterocycles. The van der Waals surface area contributed by atoms with Crippen LogP contribution in [0.5, 0.6) is 5.75 Å². The second-order valence-corrected chi connectivity index (χ2v) is 3.26. The molecule has 2 rings (SSSR count). The van der Waals surface area contributed by atoms with Crippen LogP contribution in [0.15, 0.2) is 16.7 Å². The minimum absolute atomic E-state index is 0.253. The van der Waals surface area contributed by atoms with Gasteiger partial charge in [-0.15, -0.1) is 0 Å². The fourth-order valence-corrected chi connectivity index (χ4v) is 1.30. The van der Waals surface area contributed by atoms with Crippen LogP contribution in [0.25, 0.3) is 11.3 Å². The second-order valence-electron chi connectivity index (χ2n) is 3.26. The van der Waals surface area contributed by atoms with Gasteiger partial charge in [-0.3, -0.25) is 0 Å². The summed E-state index contributed by atoms with van der Waals surface area (Å²) >= 11 is 0. The van der Waals surface area contributed by atoms with Gasteiger partial charge in [0.25, 0.3) is 0 Å². The van der Waals surface area contributed by atoms with E-state index >= 15 is 0 Å². The van der Waals surface area contributed by atoms with Crippen LogP contribution in [-0.4, -0.2) is 21.3 Å². The first-order chi connectivity index (χ1) is 8.41. The predicted octanol–water partition coefficient (Wildman–Crippen LogP) is 2.16. The van der Waals surface area contributed by atoms with E-state index in [-0.39, 0.29) is 6.07 Å². The molecule has 2 N–H and O–H groups in total. The lowest BCUT2D eigenvalue weighted by Crippen LogP contribution is -1.95. The van der Waals surface area contributed by atoms with Crippen molar-refractivity contribution in [3.63, 3.8) is 0 Å². The minimum Gasteiger partial charge on any atom is -0.505 e. The molecule has 1 heterocycles. The van der Waals surface area contributed by atoms with E-state index in [0.717, 1.165) is 0 Å². The van der Waals surface area contributed by atoms with Gasteiger partial charge in [0.05, 0.1) is 5.56 Å². The van der Waals surface area contributed by atoms with Crippen LogP contribution >= 0.6 is 0 Å². The molecule has 94 valence electrons. The quantitative estimate of drug-likeness (QED) is 0.807. The molecule has 0 aliphatic rings. The molecule has 0 fully saturated rings. The Hall–Kier alpha value is -2.51. The van der Waals surface area contributed by atoms with E-state index in [2.05, 4.69) is 9.68 Å². The van der Waals surface area contributed by atoms with Gasteiger partial charge in [0, 0.05) is 12.1 Å². The number of phenolic OH excluding ortho intramolecular Hbond substituents is 1. The summed E-state index contributed by atoms with van der Waals surface area (Å²) in [5, 5.41) is 20.6. The zero-order valence-corrected chi connectivity index (χ0v) is 8.45. The van der Waals surface area contributed by atoms with Gasteiger partial charge in [-0.05, 0) is 0 Å². The van der Waals surface area contributed by atoms with Crippen molar-refractivity contribution in [1.29, 1.82) is 0 Å². The van der Waals surface area contributed by atoms with E-state index in [1.807, 2.05) is 0 Å². The molecule has 5 nitrogen and oxygen atoms in total. The van der Waals surface area contributed by atoms with Gasteiger partial charge in [-0.25, -0.2) is 18.0 Å². The average Bonchev–Trinajstić information content (AvgIpc) is 2.76. The number of benzene rings is 1. The van der Waals surface area contributed by atoms with E-state index in [1.165, 1.54) is 0 Å². The normalized spacial score (nSPS) is 10.6. The molecular weight excluding hydrogens is 255 g/mol. The Morgan fingerprint density at radius 2 is 1.89 bits per heavy atom. The number of hydrogen-bond donors (Lipinski definition) is 2. The third-order valence-corrected chi connectivity index (χ3v) is 2.11. The summed E-state index contributed by atoms with van der Waals surface area (Å²) in [6.07, 6.45) is 0. The van der Waals surface area contributed by atoms with Crippen molar-refractivity contribution in [3.05, 3.63) is 35.3 Å². The predicted molar refractivity (Wildman–Crippen MR) is 50.4 cm³/mol. The summed E-state index contributed by atoms with van der Waals surface area (Å²) < 4.78 is 44.2. The van der Waals surface area contributed by atoms with Crippen LogP contribution in [0, 0.1) is 17.5 Å². The van der Waals surface area contributed by atoms with Crippen LogP contribution < -0.4 is 0 Å². The highest BCUT2D eigenvalue weighted by Crippen LogP contribution is 2.33. The molecule has 0 saturated carbocycles. The number of rotatable bonds is 2. The monoisotopic (exact) mass is 259 g/mol. The topological polar surface area (TPSA) is 83.6 Å². The average molecular weight is 259 g/mol. The maximum atomic E-state index is 13.4. The van der Waals surface area contributed by atoms with Crippen LogP contribution in [-0.2, 0) is 0 Å². The van der Waals surface area contributed by atoms with Gasteiger partial charge in [0.15, 0.2) is 34.7 Å². The van der Waals surface area contributed by atoms with Gasteiger partial charge in [-0.1, -0.05) is 5.16 Å². The molecule has 18 heavy (non-hydrogen) atoms. The number of carbonyl (C=O) groups is 1. The number of hydrogen-bond acceptors (Lipinski definition) is 4. The minimum atomic E-state index is -1.61. The Bertz CT molecular complexity index is 612. The van der Waals surface area contributed by atoms with Crippen molar-refractivity contribution in [2.24, 2.45) is 0 Å². The SMILES string of the molecule is O=C(O)c1cc(-c2c(F)c(O)cc(F)c2F)on1. The van der Waals surface area contributed by atoms with Crippen LogP contribution in [0.2, 0.25) is 0 Å². The lowest BCUT2D eigenvalue weighted by Gasteiger charge is -2.03. The zero-order chi connectivity index (χ0) is 13.4.